The van der Waals surface area contributed by atoms with E-state index in [4.69, 9.17) is 13.8 Å². The SMILES string of the molecule is CCCCCC/C=C\CCCCCCCCCC(=O)NC(COP(=O)([O-])OCC[N+](C)(C)C)C(/C=C\CCCCCCCCCCC)OC(=O)CCCCCCCCCCCCCCCCCCCCCCCCCCC. The first-order chi connectivity index (χ1) is 37.4. The molecule has 0 aromatic rings. The van der Waals surface area contributed by atoms with Crippen LogP contribution >= 0.6 is 7.82 Å². The molecule has 0 heterocycles. The van der Waals surface area contributed by atoms with Crippen molar-refractivity contribution in [1.29, 1.82) is 0 Å². The molecule has 0 saturated heterocycles. The molecule has 1 amide bonds. The number of esters is 1. The average Bonchev–Trinajstić information content (AvgIpc) is 3.39. The van der Waals surface area contributed by atoms with E-state index in [9.17, 15) is 19.0 Å². The van der Waals surface area contributed by atoms with Crippen molar-refractivity contribution in [3.63, 3.8) is 0 Å². The molecule has 9 nitrogen and oxygen atoms in total. The van der Waals surface area contributed by atoms with Gasteiger partial charge in [0.05, 0.1) is 33.8 Å². The Bertz CT molecular complexity index is 1370. The zero-order valence-corrected chi connectivity index (χ0v) is 53.1. The van der Waals surface area contributed by atoms with Gasteiger partial charge >= 0.3 is 5.97 Å². The van der Waals surface area contributed by atoms with Crippen LogP contribution in [0.25, 0.3) is 0 Å². The second-order valence-electron chi connectivity index (χ2n) is 24.3. The van der Waals surface area contributed by atoms with E-state index in [1.54, 1.807) is 0 Å². The fourth-order valence-electron chi connectivity index (χ4n) is 10.2. The average molecular weight is 1110 g/mol. The molecule has 0 aromatic heterocycles. The molecule has 0 aliphatic carbocycles. The van der Waals surface area contributed by atoms with E-state index in [-0.39, 0.29) is 31.5 Å². The molecule has 0 fully saturated rings. The number of nitrogens with zero attached hydrogens (tertiary/aromatic N) is 1. The molecule has 0 rings (SSSR count). The van der Waals surface area contributed by atoms with Gasteiger partial charge in [0.25, 0.3) is 7.82 Å². The van der Waals surface area contributed by atoms with Crippen LogP contribution in [0.1, 0.15) is 342 Å². The van der Waals surface area contributed by atoms with Crippen molar-refractivity contribution in [2.75, 3.05) is 40.9 Å². The van der Waals surface area contributed by atoms with Gasteiger partial charge in [-0.25, -0.2) is 0 Å². The van der Waals surface area contributed by atoms with Crippen molar-refractivity contribution in [3.05, 3.63) is 24.3 Å². The molecule has 10 heteroatoms. The molecule has 3 atom stereocenters. The van der Waals surface area contributed by atoms with Gasteiger partial charge in [-0.3, -0.25) is 14.2 Å². The number of nitrogens with one attached hydrogen (secondary N) is 1. The smallest absolute Gasteiger partial charge is 0.306 e. The second-order valence-corrected chi connectivity index (χ2v) is 25.7. The van der Waals surface area contributed by atoms with Crippen LogP contribution in [0.15, 0.2) is 24.3 Å². The first kappa shape index (κ1) is 75.5. The van der Waals surface area contributed by atoms with Crippen molar-refractivity contribution >= 4 is 19.7 Å². The van der Waals surface area contributed by atoms with Gasteiger partial charge in [0, 0.05) is 12.8 Å². The number of hydrogen-bond acceptors (Lipinski definition) is 7. The summed E-state index contributed by atoms with van der Waals surface area (Å²) in [4.78, 5) is 40.0. The monoisotopic (exact) mass is 1110 g/mol. The molecule has 77 heavy (non-hydrogen) atoms. The number of carbonyl (C=O) groups is 2. The van der Waals surface area contributed by atoms with Gasteiger partial charge in [-0.05, 0) is 57.4 Å². The van der Waals surface area contributed by atoms with E-state index >= 15 is 0 Å². The number of phosphoric acid groups is 1. The lowest BCUT2D eigenvalue weighted by Crippen LogP contribution is -2.47. The predicted molar refractivity (Wildman–Crippen MR) is 330 cm³/mol. The van der Waals surface area contributed by atoms with Crippen LogP contribution in [-0.2, 0) is 27.9 Å². The van der Waals surface area contributed by atoms with Crippen molar-refractivity contribution in [2.45, 2.75) is 354 Å². The first-order valence-electron chi connectivity index (χ1n) is 33.6. The normalized spacial score (nSPS) is 13.7. The van der Waals surface area contributed by atoms with Crippen molar-refractivity contribution in [1.82, 2.24) is 5.32 Å². The largest absolute Gasteiger partial charge is 0.756 e. The molecular weight excluding hydrogens is 976 g/mol. The number of likely N-dealkylation sites (N-methyl/N-ethyl adjacent to an activating group) is 1. The summed E-state index contributed by atoms with van der Waals surface area (Å²) >= 11 is 0. The lowest BCUT2D eigenvalue weighted by Gasteiger charge is -2.30. The highest BCUT2D eigenvalue weighted by Gasteiger charge is 2.27. The summed E-state index contributed by atoms with van der Waals surface area (Å²) in [6.07, 6.45) is 68.8. The Balaban J connectivity index is 4.99. The highest BCUT2D eigenvalue weighted by Crippen LogP contribution is 2.38. The van der Waals surface area contributed by atoms with Crippen molar-refractivity contribution in [2.24, 2.45) is 0 Å². The van der Waals surface area contributed by atoms with Crippen LogP contribution in [0, 0.1) is 0 Å². The quantitative estimate of drug-likeness (QED) is 0.0212. The highest BCUT2D eigenvalue weighted by molar-refractivity contribution is 7.45. The van der Waals surface area contributed by atoms with Crippen molar-refractivity contribution < 1.29 is 37.3 Å². The third-order valence-corrected chi connectivity index (χ3v) is 16.3. The molecule has 0 aliphatic heterocycles. The maximum Gasteiger partial charge on any atom is 0.306 e. The number of phosphoric ester groups is 1. The minimum Gasteiger partial charge on any atom is -0.756 e. The summed E-state index contributed by atoms with van der Waals surface area (Å²) in [5, 5.41) is 3.03. The lowest BCUT2D eigenvalue weighted by atomic mass is 10.0. The van der Waals surface area contributed by atoms with Gasteiger partial charge in [0.2, 0.25) is 5.91 Å². The minimum atomic E-state index is -4.69. The van der Waals surface area contributed by atoms with E-state index < -0.39 is 20.0 Å². The summed E-state index contributed by atoms with van der Waals surface area (Å²) in [5.74, 6) is -0.528. The molecule has 0 saturated carbocycles. The Labute approximate surface area is 479 Å². The van der Waals surface area contributed by atoms with Crippen LogP contribution in [0.5, 0.6) is 0 Å². The third kappa shape index (κ3) is 58.9. The molecule has 0 spiro atoms. The third-order valence-electron chi connectivity index (χ3n) is 15.4. The highest BCUT2D eigenvalue weighted by atomic mass is 31.2. The fraction of sp³-hybridized carbons (Fsp3) is 0.910. The van der Waals surface area contributed by atoms with Crippen LogP contribution in [-0.4, -0.2) is 69.4 Å². The molecule has 456 valence electrons. The Hall–Kier alpha value is -1.51. The minimum absolute atomic E-state index is 0.0196. The zero-order chi connectivity index (χ0) is 56.4. The summed E-state index contributed by atoms with van der Waals surface area (Å²) in [7, 11) is 1.20. The predicted octanol–water partition coefficient (Wildman–Crippen LogP) is 20.3. The Morgan fingerprint density at radius 2 is 0.753 bits per heavy atom. The molecule has 0 aliphatic rings. The Morgan fingerprint density at radius 1 is 0.442 bits per heavy atom. The molecular formula is C67H131N2O7P. The van der Waals surface area contributed by atoms with Gasteiger partial charge in [0.1, 0.15) is 19.3 Å². The fourth-order valence-corrected chi connectivity index (χ4v) is 10.9. The number of amides is 1. The zero-order valence-electron chi connectivity index (χ0n) is 52.2. The number of allylic oxidation sites excluding steroid dienone is 3. The number of hydrogen-bond donors (Lipinski definition) is 1. The van der Waals surface area contributed by atoms with E-state index in [2.05, 4.69) is 38.2 Å². The molecule has 1 N–H and O–H groups in total. The van der Waals surface area contributed by atoms with E-state index in [0.717, 1.165) is 70.6 Å². The van der Waals surface area contributed by atoms with Gasteiger partial charge < -0.3 is 28.5 Å². The molecule has 0 radical (unpaired) electrons. The number of ether oxygens (including phenoxy) is 1. The molecule has 0 aromatic carbocycles. The summed E-state index contributed by atoms with van der Waals surface area (Å²) in [5.41, 5.74) is 0. The van der Waals surface area contributed by atoms with E-state index in [0.29, 0.717) is 17.4 Å². The molecule has 0 bridgehead atoms. The first-order valence-corrected chi connectivity index (χ1v) is 35.1. The number of carbonyl (C=O) groups excluding carboxylic acids is 2. The van der Waals surface area contributed by atoms with E-state index in [1.807, 2.05) is 33.3 Å². The number of rotatable bonds is 62. The van der Waals surface area contributed by atoms with Gasteiger partial charge in [0.15, 0.2) is 0 Å². The van der Waals surface area contributed by atoms with Crippen molar-refractivity contribution in [3.8, 4) is 0 Å². The number of quaternary nitrogens is 1. The number of unbranched alkanes of at least 4 members (excludes halogenated alkanes) is 44. The lowest BCUT2D eigenvalue weighted by molar-refractivity contribution is -0.870. The maximum atomic E-state index is 13.5. The van der Waals surface area contributed by atoms with Crippen LogP contribution in [0.2, 0.25) is 0 Å². The Morgan fingerprint density at radius 3 is 1.12 bits per heavy atom. The summed E-state index contributed by atoms with van der Waals surface area (Å²) < 4.78 is 30.3. The van der Waals surface area contributed by atoms with E-state index in [1.165, 1.54) is 238 Å². The summed E-state index contributed by atoms with van der Waals surface area (Å²) in [6.45, 7) is 6.87. The maximum absolute atomic E-state index is 13.5. The van der Waals surface area contributed by atoms with Gasteiger partial charge in [-0.1, -0.05) is 296 Å². The Kier molecular flexibility index (Phi) is 56.6. The van der Waals surface area contributed by atoms with Crippen LogP contribution < -0.4 is 10.2 Å². The topological polar surface area (TPSA) is 114 Å². The summed E-state index contributed by atoms with van der Waals surface area (Å²) in [6, 6.07) is -0.885. The standard InChI is InChI=1S/C67H131N2O7P/c1-7-10-13-16-19-22-25-27-29-30-31-32-33-34-35-36-37-38-40-42-45-48-51-54-57-60-67(71)76-65(58-55-52-49-46-43-24-21-18-15-12-9-3)64(63-75-77(72,73)74-62-61-69(4,5)6)68-66(70)59-56-53-50-47-44-41-39-28-26-23-20-17-14-11-8-2/h23,26,55,58,64-65H,7-22,24-25,27-54,56-57,59-63H2,1-6H3,(H-,68,70,72,73)/b26-23-,58-55-. The van der Waals surface area contributed by atoms with Crippen LogP contribution in [0.4, 0.5) is 0 Å². The molecule has 3 unspecified atom stereocenters. The van der Waals surface area contributed by atoms with Crippen LogP contribution in [0.3, 0.4) is 0 Å². The van der Waals surface area contributed by atoms with Gasteiger partial charge in [-0.15, -0.1) is 0 Å². The van der Waals surface area contributed by atoms with Gasteiger partial charge in [-0.2, -0.15) is 0 Å². The second kappa shape index (κ2) is 57.7.